The highest BCUT2D eigenvalue weighted by Crippen LogP contribution is 2.24. The summed E-state index contributed by atoms with van der Waals surface area (Å²) in [5, 5.41) is 18.5. The Kier molecular flexibility index (Phi) is 6.18. The Balaban J connectivity index is 1.55. The van der Waals surface area contributed by atoms with Crippen LogP contribution in [0.2, 0.25) is 0 Å². The lowest BCUT2D eigenvalue weighted by molar-refractivity contribution is -0.384. The van der Waals surface area contributed by atoms with E-state index in [1.807, 2.05) is 12.1 Å². The minimum atomic E-state index is -0.770. The van der Waals surface area contributed by atoms with Crippen LogP contribution in [0.25, 0.3) is 11.5 Å². The third-order valence-corrected chi connectivity index (χ3v) is 4.11. The third-order valence-electron chi connectivity index (χ3n) is 4.11. The van der Waals surface area contributed by atoms with Crippen LogP contribution in [0.4, 0.5) is 5.69 Å². The maximum absolute atomic E-state index is 12.0. The van der Waals surface area contributed by atoms with Crippen LogP contribution in [0.5, 0.6) is 5.75 Å². The summed E-state index contributed by atoms with van der Waals surface area (Å²) in [5.74, 6) is 0.279. The van der Waals surface area contributed by atoms with E-state index in [4.69, 9.17) is 13.9 Å². The van der Waals surface area contributed by atoms with Crippen LogP contribution in [0.15, 0.2) is 52.9 Å². The van der Waals surface area contributed by atoms with Gasteiger partial charge in [-0.2, -0.15) is 0 Å². The summed E-state index contributed by atoms with van der Waals surface area (Å²) in [6.45, 7) is 3.40. The second-order valence-electron chi connectivity index (χ2n) is 6.17. The number of nitrogens with zero attached hydrogens (tertiary/aromatic N) is 3. The second kappa shape index (κ2) is 8.96. The van der Waals surface area contributed by atoms with Gasteiger partial charge >= 0.3 is 5.97 Å². The number of hydrogen-bond donors (Lipinski definition) is 0. The molecule has 0 bridgehead atoms. The van der Waals surface area contributed by atoms with Crippen molar-refractivity contribution in [2.45, 2.75) is 26.4 Å². The molecule has 0 aliphatic carbocycles. The van der Waals surface area contributed by atoms with Crippen molar-refractivity contribution in [2.24, 2.45) is 0 Å². The molecule has 0 amide bonds. The Morgan fingerprint density at radius 3 is 2.45 bits per heavy atom. The summed E-state index contributed by atoms with van der Waals surface area (Å²) < 4.78 is 16.2. The number of nitro groups is 1. The number of carbonyl (C=O) groups is 1. The lowest BCUT2D eigenvalue weighted by Crippen LogP contribution is -2.17. The molecule has 0 fully saturated rings. The largest absolute Gasteiger partial charge is 0.482 e. The molecule has 1 atom stereocenters. The molecule has 0 aliphatic rings. The molecule has 2 aromatic carbocycles. The van der Waals surface area contributed by atoms with Crippen LogP contribution in [0, 0.1) is 10.1 Å². The summed E-state index contributed by atoms with van der Waals surface area (Å²) in [4.78, 5) is 22.2. The van der Waals surface area contributed by atoms with Crippen molar-refractivity contribution in [3.8, 4) is 17.2 Å². The summed E-state index contributed by atoms with van der Waals surface area (Å²) in [6, 6.07) is 13.1. The van der Waals surface area contributed by atoms with Crippen molar-refractivity contribution in [1.82, 2.24) is 10.2 Å². The molecule has 0 unspecified atom stereocenters. The van der Waals surface area contributed by atoms with Crippen LogP contribution < -0.4 is 4.74 Å². The van der Waals surface area contributed by atoms with E-state index in [0.29, 0.717) is 11.3 Å². The first kappa shape index (κ1) is 20.0. The molecule has 150 valence electrons. The minimum absolute atomic E-state index is 0.0416. The van der Waals surface area contributed by atoms with E-state index in [0.717, 1.165) is 6.42 Å². The van der Waals surface area contributed by atoms with Gasteiger partial charge in [-0.15, -0.1) is 10.2 Å². The maximum atomic E-state index is 12.0. The lowest BCUT2D eigenvalue weighted by Gasteiger charge is -2.10. The molecule has 9 heteroatoms. The van der Waals surface area contributed by atoms with Crippen LogP contribution in [-0.4, -0.2) is 27.7 Å². The van der Waals surface area contributed by atoms with Gasteiger partial charge in [0.25, 0.3) is 11.6 Å². The van der Waals surface area contributed by atoms with Gasteiger partial charge in [-0.05, 0) is 43.2 Å². The zero-order chi connectivity index (χ0) is 20.8. The fraction of sp³-hybridized carbons (Fsp3) is 0.250. The third kappa shape index (κ3) is 5.16. The van der Waals surface area contributed by atoms with Gasteiger partial charge in [0, 0.05) is 17.7 Å². The normalized spacial score (nSPS) is 11.7. The van der Waals surface area contributed by atoms with E-state index in [1.54, 1.807) is 19.1 Å². The van der Waals surface area contributed by atoms with Crippen molar-refractivity contribution < 1.29 is 23.6 Å². The number of aromatic nitrogens is 2. The molecule has 3 aromatic rings. The smallest absolute Gasteiger partial charge is 0.344 e. The van der Waals surface area contributed by atoms with E-state index in [2.05, 4.69) is 17.1 Å². The number of carbonyl (C=O) groups excluding carboxylic acids is 1. The van der Waals surface area contributed by atoms with Crippen molar-refractivity contribution in [2.75, 3.05) is 6.61 Å². The Hall–Kier alpha value is -3.75. The number of aryl methyl sites for hydroxylation is 1. The standard InChI is InChI=1S/C20H19N3O6/c1-3-14-4-10-17(11-5-14)27-12-18(24)28-13(2)19-21-22-20(29-19)15-6-8-16(9-7-15)23(25)26/h4-11,13H,3,12H2,1-2H3/t13-/m0/s1. The zero-order valence-electron chi connectivity index (χ0n) is 15.9. The first-order valence-electron chi connectivity index (χ1n) is 8.95. The van der Waals surface area contributed by atoms with Gasteiger partial charge in [0.15, 0.2) is 12.7 Å². The summed E-state index contributed by atoms with van der Waals surface area (Å²) in [7, 11) is 0. The van der Waals surface area contributed by atoms with Crippen LogP contribution in [-0.2, 0) is 16.0 Å². The molecular formula is C20H19N3O6. The van der Waals surface area contributed by atoms with Crippen LogP contribution in [0.3, 0.4) is 0 Å². The number of benzene rings is 2. The molecule has 0 radical (unpaired) electrons. The van der Waals surface area contributed by atoms with Gasteiger partial charge in [0.1, 0.15) is 5.75 Å². The van der Waals surface area contributed by atoms with Crippen molar-refractivity contribution in [3.63, 3.8) is 0 Å². The van der Waals surface area contributed by atoms with Crippen molar-refractivity contribution in [1.29, 1.82) is 0 Å². The molecule has 1 heterocycles. The van der Waals surface area contributed by atoms with Gasteiger partial charge < -0.3 is 13.9 Å². The number of ether oxygens (including phenoxy) is 2. The monoisotopic (exact) mass is 397 g/mol. The zero-order valence-corrected chi connectivity index (χ0v) is 15.9. The van der Waals surface area contributed by atoms with Crippen molar-refractivity contribution >= 4 is 11.7 Å². The van der Waals surface area contributed by atoms with Crippen LogP contribution >= 0.6 is 0 Å². The predicted molar refractivity (Wildman–Crippen MR) is 102 cm³/mol. The Labute approximate surface area is 166 Å². The van der Waals surface area contributed by atoms with Gasteiger partial charge in [-0.1, -0.05) is 19.1 Å². The topological polar surface area (TPSA) is 118 Å². The highest BCUT2D eigenvalue weighted by atomic mass is 16.6. The Morgan fingerprint density at radius 1 is 1.14 bits per heavy atom. The van der Waals surface area contributed by atoms with E-state index in [1.165, 1.54) is 29.8 Å². The maximum Gasteiger partial charge on any atom is 0.344 e. The van der Waals surface area contributed by atoms with Gasteiger partial charge in [0.2, 0.25) is 5.89 Å². The molecular weight excluding hydrogens is 378 g/mol. The van der Waals surface area contributed by atoms with Gasteiger partial charge in [-0.3, -0.25) is 10.1 Å². The molecule has 9 nitrogen and oxygen atoms in total. The number of hydrogen-bond acceptors (Lipinski definition) is 8. The van der Waals surface area contributed by atoms with Crippen molar-refractivity contribution in [3.05, 3.63) is 70.1 Å². The Bertz CT molecular complexity index is 982. The number of rotatable bonds is 8. The summed E-state index contributed by atoms with van der Waals surface area (Å²) in [6.07, 6.45) is 0.152. The van der Waals surface area contributed by atoms with E-state index in [9.17, 15) is 14.9 Å². The minimum Gasteiger partial charge on any atom is -0.482 e. The molecule has 29 heavy (non-hydrogen) atoms. The first-order valence-corrected chi connectivity index (χ1v) is 8.95. The molecule has 3 rings (SSSR count). The molecule has 0 aliphatic heterocycles. The SMILES string of the molecule is CCc1ccc(OCC(=O)O[C@@H](C)c2nnc(-c3ccc([N+](=O)[O-])cc3)o2)cc1. The lowest BCUT2D eigenvalue weighted by atomic mass is 10.2. The summed E-state index contributed by atoms with van der Waals surface area (Å²) in [5.41, 5.74) is 1.65. The average molecular weight is 397 g/mol. The van der Waals surface area contributed by atoms with E-state index >= 15 is 0 Å². The molecule has 0 spiro atoms. The second-order valence-corrected chi connectivity index (χ2v) is 6.17. The molecule has 1 aromatic heterocycles. The molecule has 0 N–H and O–H groups in total. The van der Waals surface area contributed by atoms with Crippen LogP contribution in [0.1, 0.15) is 31.4 Å². The average Bonchev–Trinajstić information content (AvgIpc) is 3.23. The quantitative estimate of drug-likeness (QED) is 0.319. The highest BCUT2D eigenvalue weighted by Gasteiger charge is 2.19. The van der Waals surface area contributed by atoms with E-state index in [-0.39, 0.29) is 24.1 Å². The Morgan fingerprint density at radius 2 is 1.83 bits per heavy atom. The molecule has 0 saturated heterocycles. The first-order chi connectivity index (χ1) is 14.0. The predicted octanol–water partition coefficient (Wildman–Crippen LogP) is 3.89. The fourth-order valence-electron chi connectivity index (χ4n) is 2.49. The highest BCUT2D eigenvalue weighted by molar-refractivity contribution is 5.71. The number of non-ortho nitro benzene ring substituents is 1. The fourth-order valence-corrected chi connectivity index (χ4v) is 2.49. The van der Waals surface area contributed by atoms with E-state index < -0.39 is 17.0 Å². The number of esters is 1. The van der Waals surface area contributed by atoms with Gasteiger partial charge in [0.05, 0.1) is 4.92 Å². The number of nitro benzene ring substituents is 1. The van der Waals surface area contributed by atoms with Gasteiger partial charge in [-0.25, -0.2) is 4.79 Å². The molecule has 0 saturated carbocycles. The summed E-state index contributed by atoms with van der Waals surface area (Å²) >= 11 is 0.